The maximum absolute atomic E-state index is 12.0. The molecule has 27 heavy (non-hydrogen) atoms. The molecular weight excluding hydrogens is 338 g/mol. The first kappa shape index (κ1) is 19.3. The molecule has 0 radical (unpaired) electrons. The number of nitrogens with one attached hydrogen (secondary N) is 1. The summed E-state index contributed by atoms with van der Waals surface area (Å²) in [6.45, 7) is 10.8. The number of hydrogen-bond donors (Lipinski definition) is 1. The van der Waals surface area contributed by atoms with Gasteiger partial charge in [-0.15, -0.1) is 10.2 Å². The molecule has 3 rings (SSSR count). The Morgan fingerprint density at radius 3 is 2.63 bits per heavy atom. The predicted octanol–water partition coefficient (Wildman–Crippen LogP) is 4.48. The Bertz CT molecular complexity index is 968. The van der Waals surface area contributed by atoms with Crippen molar-refractivity contribution < 1.29 is 4.79 Å². The van der Waals surface area contributed by atoms with Gasteiger partial charge in [0.15, 0.2) is 5.82 Å². The van der Waals surface area contributed by atoms with Gasteiger partial charge in [0, 0.05) is 18.4 Å². The van der Waals surface area contributed by atoms with Crippen LogP contribution in [0.3, 0.4) is 0 Å². The molecule has 0 unspecified atom stereocenters. The lowest BCUT2D eigenvalue weighted by molar-refractivity contribution is -0.126. The van der Waals surface area contributed by atoms with E-state index in [1.165, 1.54) is 5.56 Å². The molecule has 6 nitrogen and oxygen atoms in total. The molecule has 0 aliphatic heterocycles. The van der Waals surface area contributed by atoms with Gasteiger partial charge in [-0.05, 0) is 44.4 Å². The van der Waals surface area contributed by atoms with E-state index in [4.69, 9.17) is 4.98 Å². The molecule has 0 bridgehead atoms. The molecule has 0 atom stereocenters. The van der Waals surface area contributed by atoms with E-state index in [-0.39, 0.29) is 5.41 Å². The van der Waals surface area contributed by atoms with Crippen LogP contribution in [0, 0.1) is 19.3 Å². The summed E-state index contributed by atoms with van der Waals surface area (Å²) >= 11 is 0. The summed E-state index contributed by atoms with van der Waals surface area (Å²) in [5.41, 5.74) is 3.65. The molecule has 2 aromatic heterocycles. The number of ketones is 1. The van der Waals surface area contributed by atoms with Crippen molar-refractivity contribution >= 4 is 28.3 Å². The number of aromatic nitrogens is 4. The van der Waals surface area contributed by atoms with Crippen LogP contribution in [-0.2, 0) is 4.79 Å². The largest absolute Gasteiger partial charge is 0.367 e. The summed E-state index contributed by atoms with van der Waals surface area (Å²) in [5.74, 6) is 1.95. The van der Waals surface area contributed by atoms with E-state index in [9.17, 15) is 4.79 Å². The molecule has 1 N–H and O–H groups in total. The molecule has 0 saturated heterocycles. The minimum absolute atomic E-state index is 0.234. The first-order valence-corrected chi connectivity index (χ1v) is 9.66. The summed E-state index contributed by atoms with van der Waals surface area (Å²) in [6.07, 6.45) is 3.60. The van der Waals surface area contributed by atoms with E-state index in [0.717, 1.165) is 54.1 Å². The zero-order chi connectivity index (χ0) is 19.6. The number of rotatable bonds is 7. The first-order chi connectivity index (χ1) is 12.8. The van der Waals surface area contributed by atoms with Crippen LogP contribution in [0.4, 0.5) is 5.82 Å². The molecule has 0 aliphatic rings. The van der Waals surface area contributed by atoms with Crippen LogP contribution in [0.1, 0.15) is 57.8 Å². The van der Waals surface area contributed by atoms with Crippen molar-refractivity contribution in [3.05, 3.63) is 29.6 Å². The summed E-state index contributed by atoms with van der Waals surface area (Å²) in [4.78, 5) is 16.7. The van der Waals surface area contributed by atoms with Crippen molar-refractivity contribution in [1.29, 1.82) is 0 Å². The van der Waals surface area contributed by atoms with Gasteiger partial charge in [-0.1, -0.05) is 33.3 Å². The van der Waals surface area contributed by atoms with E-state index < -0.39 is 0 Å². The number of carbonyl (C=O) groups excluding carboxylic acids is 1. The molecule has 6 heteroatoms. The third-order valence-electron chi connectivity index (χ3n) is 4.85. The van der Waals surface area contributed by atoms with E-state index in [2.05, 4.69) is 40.6 Å². The number of fused-ring (bicyclic) bond motifs is 3. The zero-order valence-corrected chi connectivity index (χ0v) is 17.0. The molecular formula is C21H29N5O. The molecule has 3 aromatic rings. The van der Waals surface area contributed by atoms with Gasteiger partial charge in [0.2, 0.25) is 5.65 Å². The SMILES string of the molecule is Cc1ccc2c(c1)nc(NCCCCCC(=O)C(C)(C)C)c1nnc(C)n12. The minimum Gasteiger partial charge on any atom is -0.367 e. The van der Waals surface area contributed by atoms with Crippen molar-refractivity contribution in [3.8, 4) is 0 Å². The van der Waals surface area contributed by atoms with E-state index in [0.29, 0.717) is 12.2 Å². The van der Waals surface area contributed by atoms with Gasteiger partial charge in [0.05, 0.1) is 11.0 Å². The summed E-state index contributed by atoms with van der Waals surface area (Å²) in [7, 11) is 0. The molecule has 2 heterocycles. The minimum atomic E-state index is -0.234. The zero-order valence-electron chi connectivity index (χ0n) is 17.0. The fraction of sp³-hybridized carbons (Fsp3) is 0.524. The Labute approximate surface area is 160 Å². The van der Waals surface area contributed by atoms with Crippen molar-refractivity contribution in [3.63, 3.8) is 0 Å². The smallest absolute Gasteiger partial charge is 0.204 e. The van der Waals surface area contributed by atoms with Gasteiger partial charge >= 0.3 is 0 Å². The van der Waals surface area contributed by atoms with E-state index in [1.54, 1.807) is 0 Å². The highest BCUT2D eigenvalue weighted by atomic mass is 16.1. The number of hydrogen-bond acceptors (Lipinski definition) is 5. The number of unbranched alkanes of at least 4 members (excludes halogenated alkanes) is 2. The lowest BCUT2D eigenvalue weighted by Gasteiger charge is -2.16. The van der Waals surface area contributed by atoms with Crippen molar-refractivity contribution in [1.82, 2.24) is 19.6 Å². The Kier molecular flexibility index (Phi) is 5.44. The second-order valence-electron chi connectivity index (χ2n) is 8.27. The quantitative estimate of drug-likeness (QED) is 0.623. The Morgan fingerprint density at radius 2 is 1.89 bits per heavy atom. The normalized spacial score (nSPS) is 12.0. The monoisotopic (exact) mass is 367 g/mol. The lowest BCUT2D eigenvalue weighted by atomic mass is 9.88. The maximum atomic E-state index is 12.0. The average molecular weight is 367 g/mol. The lowest BCUT2D eigenvalue weighted by Crippen LogP contribution is -2.19. The number of Topliss-reactive ketones (excluding diaryl/α,β-unsaturated/α-hetero) is 1. The van der Waals surface area contributed by atoms with Gasteiger partial charge in [0.25, 0.3) is 0 Å². The molecule has 0 aliphatic carbocycles. The van der Waals surface area contributed by atoms with E-state index >= 15 is 0 Å². The van der Waals surface area contributed by atoms with Crippen LogP contribution < -0.4 is 5.32 Å². The first-order valence-electron chi connectivity index (χ1n) is 9.66. The Balaban J connectivity index is 1.66. The van der Waals surface area contributed by atoms with Gasteiger partial charge < -0.3 is 5.32 Å². The average Bonchev–Trinajstić information content (AvgIpc) is 2.98. The molecule has 0 amide bonds. The third-order valence-corrected chi connectivity index (χ3v) is 4.85. The van der Waals surface area contributed by atoms with Crippen molar-refractivity contribution in [2.45, 2.75) is 60.3 Å². The van der Waals surface area contributed by atoms with Crippen molar-refractivity contribution in [2.24, 2.45) is 5.41 Å². The van der Waals surface area contributed by atoms with E-state index in [1.807, 2.05) is 32.1 Å². The maximum Gasteiger partial charge on any atom is 0.204 e. The second kappa shape index (κ2) is 7.62. The fourth-order valence-corrected chi connectivity index (χ4v) is 3.17. The highest BCUT2D eigenvalue weighted by Gasteiger charge is 2.20. The molecule has 144 valence electrons. The summed E-state index contributed by atoms with van der Waals surface area (Å²) in [5, 5.41) is 11.9. The van der Waals surface area contributed by atoms with Crippen LogP contribution in [0.5, 0.6) is 0 Å². The van der Waals surface area contributed by atoms with Gasteiger partial charge in [-0.2, -0.15) is 0 Å². The van der Waals surface area contributed by atoms with Crippen molar-refractivity contribution in [2.75, 3.05) is 11.9 Å². The number of aryl methyl sites for hydroxylation is 2. The standard InChI is InChI=1S/C21H29N5O/c1-14-10-11-17-16(13-14)23-19(20-25-24-15(2)26(17)20)22-12-8-6-7-9-18(27)21(3,4)5/h10-11,13H,6-9,12H2,1-5H3,(H,22,23). The third kappa shape index (κ3) is 4.26. The van der Waals surface area contributed by atoms with Crippen LogP contribution in [0.15, 0.2) is 18.2 Å². The number of benzene rings is 1. The summed E-state index contributed by atoms with van der Waals surface area (Å²) in [6, 6.07) is 6.23. The molecule has 0 spiro atoms. The van der Waals surface area contributed by atoms with Gasteiger partial charge in [-0.25, -0.2) is 4.98 Å². The molecule has 0 saturated carbocycles. The van der Waals surface area contributed by atoms with Crippen LogP contribution in [0.2, 0.25) is 0 Å². The molecule has 0 fully saturated rings. The fourth-order valence-electron chi connectivity index (χ4n) is 3.17. The molecule has 1 aromatic carbocycles. The van der Waals surface area contributed by atoms with Crippen LogP contribution in [0.25, 0.3) is 16.7 Å². The van der Waals surface area contributed by atoms with Crippen LogP contribution in [-0.4, -0.2) is 31.9 Å². The highest BCUT2D eigenvalue weighted by molar-refractivity contribution is 5.84. The topological polar surface area (TPSA) is 72.2 Å². The Hall–Kier alpha value is -2.50. The highest BCUT2D eigenvalue weighted by Crippen LogP contribution is 2.23. The summed E-state index contributed by atoms with van der Waals surface area (Å²) < 4.78 is 2.05. The second-order valence-corrected chi connectivity index (χ2v) is 8.27. The number of carbonyl (C=O) groups is 1. The van der Waals surface area contributed by atoms with Crippen LogP contribution >= 0.6 is 0 Å². The van der Waals surface area contributed by atoms with Gasteiger partial charge in [-0.3, -0.25) is 9.20 Å². The number of nitrogens with zero attached hydrogens (tertiary/aromatic N) is 4. The number of anilines is 1. The van der Waals surface area contributed by atoms with Gasteiger partial charge in [0.1, 0.15) is 11.6 Å². The predicted molar refractivity (Wildman–Crippen MR) is 109 cm³/mol. The Morgan fingerprint density at radius 1 is 1.11 bits per heavy atom.